The van der Waals surface area contributed by atoms with Gasteiger partial charge in [-0.05, 0) is 49.4 Å². The molecular weight excluding hydrogens is 542 g/mol. The molecule has 7 nitrogen and oxygen atoms in total. The molecule has 3 aromatic carbocycles. The molecule has 0 unspecified atom stereocenters. The van der Waals surface area contributed by atoms with Crippen LogP contribution in [0.15, 0.2) is 71.2 Å². The molecule has 0 saturated heterocycles. The maximum atomic E-state index is 13.7. The number of nitrogens with one attached hydrogen (secondary N) is 1. The lowest BCUT2D eigenvalue weighted by molar-refractivity contribution is -0.139. The number of carbonyl (C=O) groups excluding carboxylic acids is 2. The third kappa shape index (κ3) is 6.85. The molecule has 0 spiro atoms. The second-order valence-electron chi connectivity index (χ2n) is 8.91. The zero-order valence-electron chi connectivity index (χ0n) is 20.9. The van der Waals surface area contributed by atoms with Crippen LogP contribution in [0.2, 0.25) is 0 Å². The quantitative estimate of drug-likeness (QED) is 0.381. The highest BCUT2D eigenvalue weighted by molar-refractivity contribution is 9.10. The Bertz CT molecular complexity index is 1340. The number of anilines is 1. The summed E-state index contributed by atoms with van der Waals surface area (Å²) >= 11 is 3.45. The number of carbonyl (C=O) groups is 2. The molecule has 0 aromatic heterocycles. The zero-order valence-corrected chi connectivity index (χ0v) is 23.3. The molecule has 0 fully saturated rings. The molecule has 2 amide bonds. The van der Waals surface area contributed by atoms with E-state index < -0.39 is 28.5 Å². The highest BCUT2D eigenvalue weighted by atomic mass is 79.9. The maximum absolute atomic E-state index is 13.7. The van der Waals surface area contributed by atoms with E-state index in [4.69, 9.17) is 0 Å². The van der Waals surface area contributed by atoms with E-state index in [1.165, 1.54) is 4.90 Å². The fraction of sp³-hybridized carbons (Fsp3) is 0.333. The van der Waals surface area contributed by atoms with E-state index >= 15 is 0 Å². The minimum Gasteiger partial charge on any atom is -0.352 e. The van der Waals surface area contributed by atoms with Gasteiger partial charge in [-0.25, -0.2) is 8.42 Å². The molecule has 3 aromatic rings. The fourth-order valence-electron chi connectivity index (χ4n) is 3.90. The lowest BCUT2D eigenvalue weighted by Gasteiger charge is -2.32. The van der Waals surface area contributed by atoms with Gasteiger partial charge in [-0.15, -0.1) is 0 Å². The van der Waals surface area contributed by atoms with E-state index in [-0.39, 0.29) is 18.5 Å². The normalized spacial score (nSPS) is 13.1. The molecule has 0 aliphatic heterocycles. The topological polar surface area (TPSA) is 86.8 Å². The Balaban J connectivity index is 1.99. The van der Waals surface area contributed by atoms with E-state index in [9.17, 15) is 18.0 Å². The van der Waals surface area contributed by atoms with Gasteiger partial charge in [-0.1, -0.05) is 71.4 Å². The largest absolute Gasteiger partial charge is 0.352 e. The lowest BCUT2D eigenvalue weighted by atomic mass is 10.1. The van der Waals surface area contributed by atoms with E-state index in [1.54, 1.807) is 19.1 Å². The predicted octanol–water partition coefficient (Wildman–Crippen LogP) is 4.70. The predicted molar refractivity (Wildman–Crippen MR) is 148 cm³/mol. The van der Waals surface area contributed by atoms with Gasteiger partial charge in [0.15, 0.2) is 0 Å². The number of sulfonamides is 1. The molecule has 0 aliphatic carbocycles. The summed E-state index contributed by atoms with van der Waals surface area (Å²) in [6.07, 6.45) is 1.83. The minimum absolute atomic E-state index is 0.0500. The number of rotatable bonds is 10. The number of hydrogen-bond acceptors (Lipinski definition) is 4. The molecule has 0 heterocycles. The highest BCUT2D eigenvalue weighted by Gasteiger charge is 2.31. The van der Waals surface area contributed by atoms with Gasteiger partial charge >= 0.3 is 0 Å². The Morgan fingerprint density at radius 1 is 1.00 bits per heavy atom. The van der Waals surface area contributed by atoms with Gasteiger partial charge in [0.25, 0.3) is 0 Å². The van der Waals surface area contributed by atoms with E-state index in [0.29, 0.717) is 5.69 Å². The van der Waals surface area contributed by atoms with Crippen molar-refractivity contribution < 1.29 is 18.0 Å². The number of nitrogens with zero attached hydrogens (tertiary/aromatic N) is 2. The molecule has 0 saturated carbocycles. The fourth-order valence-corrected chi connectivity index (χ4v) is 5.21. The zero-order chi connectivity index (χ0) is 26.5. The highest BCUT2D eigenvalue weighted by Crippen LogP contribution is 2.28. The summed E-state index contributed by atoms with van der Waals surface area (Å²) in [5.74, 6) is -0.760. The monoisotopic (exact) mass is 573 g/mol. The van der Waals surface area contributed by atoms with Crippen molar-refractivity contribution in [3.8, 4) is 0 Å². The lowest BCUT2D eigenvalue weighted by Crippen LogP contribution is -2.52. The molecule has 0 aliphatic rings. The van der Waals surface area contributed by atoms with Crippen LogP contribution in [0.3, 0.4) is 0 Å². The van der Waals surface area contributed by atoms with Crippen LogP contribution in [0.1, 0.15) is 32.8 Å². The molecule has 0 radical (unpaired) electrons. The van der Waals surface area contributed by atoms with Gasteiger partial charge in [-0.3, -0.25) is 13.9 Å². The summed E-state index contributed by atoms with van der Waals surface area (Å²) in [6.45, 7) is 5.25. The number of hydrogen-bond donors (Lipinski definition) is 1. The SMILES string of the molecule is CC[C@@H](C)NC(=O)[C@@H](C)N(Cc1cccc(Br)c1)C(=O)CN(c1cccc2ccccc12)S(C)(=O)=O. The first-order valence-corrected chi connectivity index (χ1v) is 14.4. The Kier molecular flexibility index (Phi) is 9.13. The summed E-state index contributed by atoms with van der Waals surface area (Å²) in [6, 6.07) is 19.4. The van der Waals surface area contributed by atoms with Crippen LogP contribution in [-0.4, -0.2) is 50.0 Å². The van der Waals surface area contributed by atoms with Gasteiger partial charge in [0.1, 0.15) is 12.6 Å². The average molecular weight is 575 g/mol. The molecule has 2 atom stereocenters. The van der Waals surface area contributed by atoms with Crippen molar-refractivity contribution in [1.29, 1.82) is 0 Å². The second kappa shape index (κ2) is 11.9. The van der Waals surface area contributed by atoms with Crippen molar-refractivity contribution >= 4 is 54.2 Å². The second-order valence-corrected chi connectivity index (χ2v) is 11.7. The molecule has 192 valence electrons. The minimum atomic E-state index is -3.81. The van der Waals surface area contributed by atoms with E-state index in [0.717, 1.165) is 37.8 Å². The number of amides is 2. The van der Waals surface area contributed by atoms with Crippen LogP contribution in [0, 0.1) is 0 Å². The molecular formula is C27H32BrN3O4S. The van der Waals surface area contributed by atoms with Crippen molar-refractivity contribution in [2.24, 2.45) is 0 Å². The van der Waals surface area contributed by atoms with Crippen LogP contribution < -0.4 is 9.62 Å². The summed E-state index contributed by atoms with van der Waals surface area (Å²) in [7, 11) is -3.81. The van der Waals surface area contributed by atoms with Crippen LogP contribution in [-0.2, 0) is 26.2 Å². The van der Waals surface area contributed by atoms with Crippen LogP contribution in [0.5, 0.6) is 0 Å². The third-order valence-electron chi connectivity index (χ3n) is 6.12. The molecule has 36 heavy (non-hydrogen) atoms. The summed E-state index contributed by atoms with van der Waals surface area (Å²) in [4.78, 5) is 28.2. The van der Waals surface area contributed by atoms with Gasteiger partial charge in [-0.2, -0.15) is 0 Å². The smallest absolute Gasteiger partial charge is 0.244 e. The van der Waals surface area contributed by atoms with E-state index in [2.05, 4.69) is 21.2 Å². The Morgan fingerprint density at radius 2 is 1.67 bits per heavy atom. The van der Waals surface area contributed by atoms with Crippen molar-refractivity contribution in [3.05, 3.63) is 76.8 Å². The van der Waals surface area contributed by atoms with Crippen molar-refractivity contribution in [3.63, 3.8) is 0 Å². The molecule has 9 heteroatoms. The van der Waals surface area contributed by atoms with Crippen LogP contribution >= 0.6 is 15.9 Å². The molecule has 3 rings (SSSR count). The molecule has 0 bridgehead atoms. The summed E-state index contributed by atoms with van der Waals surface area (Å²) in [5, 5.41) is 4.51. The van der Waals surface area contributed by atoms with E-state index in [1.807, 2.05) is 68.4 Å². The standard InChI is InChI=1S/C27H32BrN3O4S/c1-5-19(2)29-27(33)20(3)30(17-21-10-8-13-23(28)16-21)26(32)18-31(36(4,34)35)25-15-9-12-22-11-6-7-14-24(22)25/h6-16,19-20H,5,17-18H2,1-4H3,(H,29,33)/t19-,20-/m1/s1. The Labute approximate surface area is 221 Å². The first-order valence-electron chi connectivity index (χ1n) is 11.8. The van der Waals surface area contributed by atoms with Gasteiger partial charge in [0.05, 0.1) is 11.9 Å². The van der Waals surface area contributed by atoms with Gasteiger partial charge < -0.3 is 10.2 Å². The first kappa shape index (κ1) is 27.7. The Hall–Kier alpha value is -2.91. The third-order valence-corrected chi connectivity index (χ3v) is 7.74. The van der Waals surface area contributed by atoms with Crippen LogP contribution in [0.4, 0.5) is 5.69 Å². The van der Waals surface area contributed by atoms with Crippen molar-refractivity contribution in [2.45, 2.75) is 45.8 Å². The van der Waals surface area contributed by atoms with Gasteiger partial charge in [0, 0.05) is 22.4 Å². The average Bonchev–Trinajstić information content (AvgIpc) is 2.84. The number of fused-ring (bicyclic) bond motifs is 1. The summed E-state index contributed by atoms with van der Waals surface area (Å²) < 4.78 is 27.7. The van der Waals surface area contributed by atoms with Crippen LogP contribution in [0.25, 0.3) is 10.8 Å². The number of benzene rings is 3. The number of halogens is 1. The van der Waals surface area contributed by atoms with Crippen molar-refractivity contribution in [2.75, 3.05) is 17.1 Å². The van der Waals surface area contributed by atoms with Gasteiger partial charge in [0.2, 0.25) is 21.8 Å². The maximum Gasteiger partial charge on any atom is 0.244 e. The van der Waals surface area contributed by atoms with Crippen molar-refractivity contribution in [1.82, 2.24) is 10.2 Å². The Morgan fingerprint density at radius 3 is 2.33 bits per heavy atom. The summed E-state index contributed by atoms with van der Waals surface area (Å²) in [5.41, 5.74) is 1.24. The molecule has 1 N–H and O–H groups in total. The first-order chi connectivity index (χ1) is 17.0.